The van der Waals surface area contributed by atoms with Crippen LogP contribution in [0.15, 0.2) is 30.3 Å². The Morgan fingerprint density at radius 2 is 1.84 bits per heavy atom. The van der Waals surface area contributed by atoms with Gasteiger partial charge in [-0.05, 0) is 39.2 Å². The summed E-state index contributed by atoms with van der Waals surface area (Å²) in [6, 6.07) is 9.91. The van der Waals surface area contributed by atoms with Crippen LogP contribution in [-0.2, 0) is 22.2 Å². The highest BCUT2D eigenvalue weighted by atomic mass is 32.2. The number of hydrogen-bond donors (Lipinski definition) is 1. The summed E-state index contributed by atoms with van der Waals surface area (Å²) in [6.45, 7) is 7.53. The third-order valence-corrected chi connectivity index (χ3v) is 4.44. The fraction of sp³-hybridized carbons (Fsp3) is 0.533. The molecule has 1 aromatic rings. The molecule has 3 nitrogen and oxygen atoms in total. The number of amides is 1. The van der Waals surface area contributed by atoms with Crippen molar-refractivity contribution in [3.05, 3.63) is 35.9 Å². The van der Waals surface area contributed by atoms with Crippen LogP contribution in [0.25, 0.3) is 0 Å². The van der Waals surface area contributed by atoms with Gasteiger partial charge in [-0.25, -0.2) is 4.21 Å². The van der Waals surface area contributed by atoms with Crippen LogP contribution >= 0.6 is 0 Å². The molecule has 1 amide bonds. The molecule has 106 valence electrons. The summed E-state index contributed by atoms with van der Waals surface area (Å²) in [5, 5.41) is 0. The third kappa shape index (κ3) is 5.15. The molecule has 0 aliphatic carbocycles. The molecule has 1 N–H and O–H groups in total. The highest BCUT2D eigenvalue weighted by Crippen LogP contribution is 2.14. The van der Waals surface area contributed by atoms with Gasteiger partial charge in [0.2, 0.25) is 5.91 Å². The van der Waals surface area contributed by atoms with Crippen molar-refractivity contribution >= 4 is 16.9 Å². The average Bonchev–Trinajstić information content (AvgIpc) is 2.35. The van der Waals surface area contributed by atoms with E-state index in [1.807, 2.05) is 58.0 Å². The Morgan fingerprint density at radius 1 is 1.26 bits per heavy atom. The van der Waals surface area contributed by atoms with E-state index in [9.17, 15) is 9.00 Å². The fourth-order valence-electron chi connectivity index (χ4n) is 1.65. The second kappa shape index (κ2) is 6.85. The van der Waals surface area contributed by atoms with E-state index in [-0.39, 0.29) is 11.8 Å². The molecule has 0 unspecified atom stereocenters. The Hall–Kier alpha value is -1.16. The topological polar surface area (TPSA) is 46.2 Å². The fourth-order valence-corrected chi connectivity index (χ4v) is 2.30. The van der Waals surface area contributed by atoms with Gasteiger partial charge in [0, 0.05) is 5.92 Å². The highest BCUT2D eigenvalue weighted by Gasteiger charge is 2.25. The van der Waals surface area contributed by atoms with Gasteiger partial charge in [0.15, 0.2) is 0 Å². The zero-order chi connectivity index (χ0) is 14.5. The summed E-state index contributed by atoms with van der Waals surface area (Å²) in [4.78, 5) is 12.1. The van der Waals surface area contributed by atoms with Gasteiger partial charge in [0.25, 0.3) is 0 Å². The summed E-state index contributed by atoms with van der Waals surface area (Å²) in [6.07, 6.45) is 1.42. The number of carbonyl (C=O) groups excluding carboxylic acids is 1. The quantitative estimate of drug-likeness (QED) is 0.902. The van der Waals surface area contributed by atoms with Crippen LogP contribution in [0.1, 0.15) is 39.7 Å². The molecule has 0 fully saturated rings. The lowest BCUT2D eigenvalue weighted by molar-refractivity contribution is -0.123. The Labute approximate surface area is 118 Å². The van der Waals surface area contributed by atoms with Crippen LogP contribution in [0.2, 0.25) is 0 Å². The first-order chi connectivity index (χ1) is 8.84. The predicted octanol–water partition coefficient (Wildman–Crippen LogP) is 2.83. The van der Waals surface area contributed by atoms with Crippen LogP contribution in [0.5, 0.6) is 0 Å². The molecule has 19 heavy (non-hydrogen) atoms. The largest absolute Gasteiger partial charge is 0.274 e. The Morgan fingerprint density at radius 3 is 2.32 bits per heavy atom. The number of rotatable bonds is 5. The first-order valence-corrected chi connectivity index (χ1v) is 7.76. The first kappa shape index (κ1) is 15.9. The molecular formula is C15H23NO2S. The molecule has 4 heteroatoms. The van der Waals surface area contributed by atoms with E-state index < -0.39 is 15.7 Å². The Balaban J connectivity index is 2.65. The lowest BCUT2D eigenvalue weighted by atomic mass is 9.96. The molecule has 1 rings (SSSR count). The minimum atomic E-state index is -1.35. The van der Waals surface area contributed by atoms with E-state index in [4.69, 9.17) is 0 Å². The number of nitrogens with one attached hydrogen (secondary N) is 1. The smallest absolute Gasteiger partial charge is 0.235 e. The third-order valence-electron chi connectivity index (χ3n) is 2.94. The van der Waals surface area contributed by atoms with Crippen molar-refractivity contribution in [2.24, 2.45) is 5.92 Å². The Bertz CT molecular complexity index is 437. The van der Waals surface area contributed by atoms with Gasteiger partial charge in [0.1, 0.15) is 11.0 Å². The van der Waals surface area contributed by atoms with Crippen molar-refractivity contribution in [3.63, 3.8) is 0 Å². The maximum Gasteiger partial charge on any atom is 0.235 e. The first-order valence-electron chi connectivity index (χ1n) is 6.61. The van der Waals surface area contributed by atoms with E-state index in [1.165, 1.54) is 0 Å². The second-order valence-corrected chi connectivity index (χ2v) is 7.61. The lowest BCUT2D eigenvalue weighted by Gasteiger charge is -2.21. The summed E-state index contributed by atoms with van der Waals surface area (Å²) < 4.78 is 14.1. The molecule has 0 aliphatic rings. The van der Waals surface area contributed by atoms with Gasteiger partial charge in [-0.2, -0.15) is 0 Å². The molecule has 0 heterocycles. The monoisotopic (exact) mass is 281 g/mol. The number of benzene rings is 1. The van der Waals surface area contributed by atoms with Crippen molar-refractivity contribution < 1.29 is 9.00 Å². The lowest BCUT2D eigenvalue weighted by Crippen LogP contribution is -2.40. The minimum absolute atomic E-state index is 0.125. The van der Waals surface area contributed by atoms with E-state index in [0.717, 1.165) is 12.0 Å². The average molecular weight is 281 g/mol. The highest BCUT2D eigenvalue weighted by molar-refractivity contribution is 7.85. The summed E-state index contributed by atoms with van der Waals surface area (Å²) in [5.41, 5.74) is 1.13. The van der Waals surface area contributed by atoms with Crippen LogP contribution in [-0.4, -0.2) is 14.9 Å². The summed E-state index contributed by atoms with van der Waals surface area (Å²) in [7, 11) is -1.35. The van der Waals surface area contributed by atoms with Crippen molar-refractivity contribution in [2.45, 2.75) is 45.3 Å². The minimum Gasteiger partial charge on any atom is -0.274 e. The van der Waals surface area contributed by atoms with E-state index in [1.54, 1.807) is 0 Å². The number of carbonyl (C=O) groups is 1. The van der Waals surface area contributed by atoms with E-state index in [2.05, 4.69) is 4.72 Å². The number of hydrogen-bond acceptors (Lipinski definition) is 2. The predicted molar refractivity (Wildman–Crippen MR) is 80.0 cm³/mol. The summed E-state index contributed by atoms with van der Waals surface area (Å²) in [5.74, 6) is -0.256. The normalized spacial score (nSPS) is 14.7. The van der Waals surface area contributed by atoms with Gasteiger partial charge in [-0.3, -0.25) is 9.52 Å². The van der Waals surface area contributed by atoms with Crippen LogP contribution in [0, 0.1) is 5.92 Å². The van der Waals surface area contributed by atoms with Crippen molar-refractivity contribution in [2.75, 3.05) is 0 Å². The molecular weight excluding hydrogens is 258 g/mol. The van der Waals surface area contributed by atoms with Gasteiger partial charge in [0.05, 0.1) is 4.75 Å². The van der Waals surface area contributed by atoms with E-state index in [0.29, 0.717) is 6.42 Å². The van der Waals surface area contributed by atoms with E-state index >= 15 is 0 Å². The Kier molecular flexibility index (Phi) is 5.73. The zero-order valence-corrected chi connectivity index (χ0v) is 12.9. The standard InChI is InChI=1S/C15H23NO2S/c1-5-13(11-12-9-7-6-8-10-12)14(17)16-19(18)15(2,3)4/h6-10,13H,5,11H2,1-4H3,(H,16,17)/t13-,19-/m1/s1. The molecule has 0 aliphatic heterocycles. The molecule has 0 bridgehead atoms. The SMILES string of the molecule is CC[C@H](Cc1ccccc1)C(=O)N[S@](=O)C(C)(C)C. The maximum absolute atomic E-state index is 12.1. The van der Waals surface area contributed by atoms with Crippen molar-refractivity contribution in [1.29, 1.82) is 0 Å². The zero-order valence-electron chi connectivity index (χ0n) is 12.1. The second-order valence-electron chi connectivity index (χ2n) is 5.64. The molecule has 0 saturated carbocycles. The van der Waals surface area contributed by atoms with Gasteiger partial charge in [-0.1, -0.05) is 37.3 Å². The molecule has 1 aromatic carbocycles. The van der Waals surface area contributed by atoms with Crippen molar-refractivity contribution in [3.8, 4) is 0 Å². The van der Waals surface area contributed by atoms with Gasteiger partial charge >= 0.3 is 0 Å². The summed E-state index contributed by atoms with van der Waals surface area (Å²) >= 11 is 0. The molecule has 2 atom stereocenters. The van der Waals surface area contributed by atoms with Gasteiger partial charge in [-0.15, -0.1) is 0 Å². The molecule has 0 spiro atoms. The molecule has 0 aromatic heterocycles. The van der Waals surface area contributed by atoms with Crippen LogP contribution < -0.4 is 4.72 Å². The van der Waals surface area contributed by atoms with Crippen molar-refractivity contribution in [1.82, 2.24) is 4.72 Å². The maximum atomic E-state index is 12.1. The molecule has 0 saturated heterocycles. The molecule has 0 radical (unpaired) electrons. The van der Waals surface area contributed by atoms with Crippen LogP contribution in [0.3, 0.4) is 0 Å². The van der Waals surface area contributed by atoms with Crippen LogP contribution in [0.4, 0.5) is 0 Å². The van der Waals surface area contributed by atoms with Gasteiger partial charge < -0.3 is 0 Å².